The van der Waals surface area contributed by atoms with Crippen molar-refractivity contribution in [1.82, 2.24) is 9.29 Å². The predicted octanol–water partition coefficient (Wildman–Crippen LogP) is 3.26. The minimum absolute atomic E-state index is 0.0269. The number of hydrogen-bond acceptors (Lipinski definition) is 7. The number of benzene rings is 2. The first-order chi connectivity index (χ1) is 16.6. The fraction of sp³-hybridized carbons (Fsp3) is 0.273. The fourth-order valence-electron chi connectivity index (χ4n) is 3.71. The lowest BCUT2D eigenvalue weighted by atomic mass is 9.97. The van der Waals surface area contributed by atoms with Crippen LogP contribution in [0.25, 0.3) is 0 Å². The highest BCUT2D eigenvalue weighted by molar-refractivity contribution is 7.93. The molecule has 2 heterocycles. The van der Waals surface area contributed by atoms with Gasteiger partial charge in [-0.2, -0.15) is 0 Å². The number of carbonyl (C=O) groups excluding carboxylic acids is 1. The lowest BCUT2D eigenvalue weighted by Crippen LogP contribution is -2.42. The Kier molecular flexibility index (Phi) is 7.50. The maximum absolute atomic E-state index is 13.9. The molecule has 0 unspecified atom stereocenters. The van der Waals surface area contributed by atoms with E-state index in [0.717, 1.165) is 11.3 Å². The SMILES string of the molecule is O=C(Nc1ccc(S(=O)(=O)Nc2nccs2)cc1)C1CCN(S(=O)(=O)Cc2ccccc2F)CC1. The van der Waals surface area contributed by atoms with Crippen LogP contribution >= 0.6 is 11.3 Å². The van der Waals surface area contributed by atoms with Crippen molar-refractivity contribution in [2.75, 3.05) is 23.1 Å². The normalized spacial score (nSPS) is 15.6. The zero-order valence-electron chi connectivity index (χ0n) is 18.4. The van der Waals surface area contributed by atoms with Crippen LogP contribution in [0.5, 0.6) is 0 Å². The first kappa shape index (κ1) is 25.2. The second-order valence-electron chi connectivity index (χ2n) is 7.98. The Hall–Kier alpha value is -2.87. The average molecular weight is 539 g/mol. The zero-order chi connectivity index (χ0) is 25.1. The third-order valence-electron chi connectivity index (χ3n) is 5.60. The number of carbonyl (C=O) groups is 1. The molecule has 0 atom stereocenters. The Morgan fingerprint density at radius 3 is 2.37 bits per heavy atom. The predicted molar refractivity (Wildman–Crippen MR) is 131 cm³/mol. The smallest absolute Gasteiger partial charge is 0.263 e. The van der Waals surface area contributed by atoms with Gasteiger partial charge in [-0.1, -0.05) is 18.2 Å². The first-order valence-electron chi connectivity index (χ1n) is 10.7. The zero-order valence-corrected chi connectivity index (χ0v) is 20.9. The average Bonchev–Trinajstić information content (AvgIpc) is 3.33. The van der Waals surface area contributed by atoms with Crippen LogP contribution in [0.15, 0.2) is 65.0 Å². The van der Waals surface area contributed by atoms with Crippen molar-refractivity contribution in [2.24, 2.45) is 5.92 Å². The first-order valence-corrected chi connectivity index (χ1v) is 14.7. The molecule has 1 aliphatic heterocycles. The van der Waals surface area contributed by atoms with Crippen LogP contribution in [0.1, 0.15) is 18.4 Å². The summed E-state index contributed by atoms with van der Waals surface area (Å²) >= 11 is 1.16. The fourth-order valence-corrected chi connectivity index (χ4v) is 7.07. The molecule has 3 aromatic rings. The van der Waals surface area contributed by atoms with Crippen LogP contribution in [0.2, 0.25) is 0 Å². The number of anilines is 2. The molecule has 0 aliphatic carbocycles. The van der Waals surface area contributed by atoms with Gasteiger partial charge in [-0.25, -0.2) is 30.5 Å². The van der Waals surface area contributed by atoms with E-state index in [-0.39, 0.29) is 34.6 Å². The van der Waals surface area contributed by atoms with Crippen molar-refractivity contribution in [3.63, 3.8) is 0 Å². The summed E-state index contributed by atoms with van der Waals surface area (Å²) < 4.78 is 67.7. The van der Waals surface area contributed by atoms with Gasteiger partial charge in [-0.3, -0.25) is 9.52 Å². The van der Waals surface area contributed by atoms with Gasteiger partial charge in [-0.05, 0) is 43.2 Å². The highest BCUT2D eigenvalue weighted by atomic mass is 32.2. The van der Waals surface area contributed by atoms with Gasteiger partial charge >= 0.3 is 0 Å². The van der Waals surface area contributed by atoms with Gasteiger partial charge < -0.3 is 5.32 Å². The highest BCUT2D eigenvalue weighted by Crippen LogP contribution is 2.25. The maximum atomic E-state index is 13.9. The second-order valence-corrected chi connectivity index (χ2v) is 12.5. The van der Waals surface area contributed by atoms with E-state index < -0.39 is 37.5 Å². The van der Waals surface area contributed by atoms with E-state index in [2.05, 4.69) is 15.0 Å². The summed E-state index contributed by atoms with van der Waals surface area (Å²) in [6, 6.07) is 11.5. The van der Waals surface area contributed by atoms with Gasteiger partial charge in [0.25, 0.3) is 10.0 Å². The van der Waals surface area contributed by atoms with Crippen LogP contribution in [0, 0.1) is 11.7 Å². The van der Waals surface area contributed by atoms with Crippen LogP contribution in [0.3, 0.4) is 0 Å². The van der Waals surface area contributed by atoms with E-state index in [1.807, 2.05) is 0 Å². The van der Waals surface area contributed by atoms with Gasteiger partial charge in [0, 0.05) is 41.8 Å². The van der Waals surface area contributed by atoms with Gasteiger partial charge in [0.05, 0.1) is 10.6 Å². The Morgan fingerprint density at radius 2 is 1.74 bits per heavy atom. The molecule has 4 rings (SSSR count). The molecule has 1 saturated heterocycles. The number of piperidine rings is 1. The highest BCUT2D eigenvalue weighted by Gasteiger charge is 2.31. The molecule has 0 radical (unpaired) electrons. The molecule has 0 saturated carbocycles. The van der Waals surface area contributed by atoms with Gasteiger partial charge in [-0.15, -0.1) is 11.3 Å². The number of thiazole rings is 1. The maximum Gasteiger partial charge on any atom is 0.263 e. The summed E-state index contributed by atoms with van der Waals surface area (Å²) in [5.74, 6) is -1.66. The van der Waals surface area contributed by atoms with E-state index in [4.69, 9.17) is 0 Å². The molecule has 1 aromatic heterocycles. The van der Waals surface area contributed by atoms with Crippen molar-refractivity contribution in [3.8, 4) is 0 Å². The quantitative estimate of drug-likeness (QED) is 0.454. The van der Waals surface area contributed by atoms with Gasteiger partial charge in [0.2, 0.25) is 15.9 Å². The largest absolute Gasteiger partial charge is 0.326 e. The molecule has 35 heavy (non-hydrogen) atoms. The van der Waals surface area contributed by atoms with Crippen molar-refractivity contribution in [3.05, 3.63) is 71.5 Å². The molecule has 0 bridgehead atoms. The number of hydrogen-bond donors (Lipinski definition) is 2. The monoisotopic (exact) mass is 538 g/mol. The molecule has 2 aromatic carbocycles. The Morgan fingerprint density at radius 1 is 1.06 bits per heavy atom. The van der Waals surface area contributed by atoms with Crippen LogP contribution < -0.4 is 10.0 Å². The molecular formula is C22H23FN4O5S3. The number of nitrogens with one attached hydrogen (secondary N) is 2. The molecule has 186 valence electrons. The molecule has 13 heteroatoms. The number of sulfonamides is 2. The molecular weight excluding hydrogens is 515 g/mol. The van der Waals surface area contributed by atoms with Crippen molar-refractivity contribution in [2.45, 2.75) is 23.5 Å². The molecule has 0 spiro atoms. The minimum atomic E-state index is -3.80. The number of nitrogens with zero attached hydrogens (tertiary/aromatic N) is 2. The number of amides is 1. The molecule has 1 fully saturated rings. The molecule has 2 N–H and O–H groups in total. The van der Waals surface area contributed by atoms with Crippen LogP contribution in [-0.2, 0) is 30.6 Å². The van der Waals surface area contributed by atoms with Gasteiger partial charge in [0.15, 0.2) is 5.13 Å². The second kappa shape index (κ2) is 10.4. The van der Waals surface area contributed by atoms with Crippen molar-refractivity contribution < 1.29 is 26.0 Å². The standard InChI is InChI=1S/C22H23FN4O5S3/c23-20-4-2-1-3-17(20)15-34(29,30)27-12-9-16(10-13-27)21(28)25-18-5-7-19(8-6-18)35(31,32)26-22-24-11-14-33-22/h1-8,11,14,16H,9-10,12-13,15H2,(H,24,26)(H,25,28). The number of halogens is 1. The van der Waals surface area contributed by atoms with Gasteiger partial charge in [0.1, 0.15) is 5.82 Å². The van der Waals surface area contributed by atoms with Crippen LogP contribution in [0.4, 0.5) is 15.2 Å². The number of rotatable bonds is 8. The lowest BCUT2D eigenvalue weighted by Gasteiger charge is -2.30. The van der Waals surface area contributed by atoms with E-state index in [1.54, 1.807) is 11.4 Å². The van der Waals surface area contributed by atoms with Crippen molar-refractivity contribution >= 4 is 48.1 Å². The van der Waals surface area contributed by atoms with E-state index in [9.17, 15) is 26.0 Å². The summed E-state index contributed by atoms with van der Waals surface area (Å²) in [6.07, 6.45) is 2.14. The summed E-state index contributed by atoms with van der Waals surface area (Å²) in [5, 5.41) is 4.66. The van der Waals surface area contributed by atoms with Crippen molar-refractivity contribution in [1.29, 1.82) is 0 Å². The third kappa shape index (κ3) is 6.23. The van der Waals surface area contributed by atoms with E-state index in [0.29, 0.717) is 18.5 Å². The third-order valence-corrected chi connectivity index (χ3v) is 9.60. The van der Waals surface area contributed by atoms with Crippen LogP contribution in [-0.4, -0.2) is 45.1 Å². The topological polar surface area (TPSA) is 126 Å². The summed E-state index contributed by atoms with van der Waals surface area (Å²) in [6.45, 7) is 0.322. The molecule has 9 nitrogen and oxygen atoms in total. The molecule has 1 aliphatic rings. The van der Waals surface area contributed by atoms with E-state index >= 15 is 0 Å². The summed E-state index contributed by atoms with van der Waals surface area (Å²) in [7, 11) is -7.50. The Labute approximate surface area is 207 Å². The van der Waals surface area contributed by atoms with E-state index in [1.165, 1.54) is 53.0 Å². The summed E-state index contributed by atoms with van der Waals surface area (Å²) in [5.41, 5.74) is 0.539. The summed E-state index contributed by atoms with van der Waals surface area (Å²) in [4.78, 5) is 16.6. The minimum Gasteiger partial charge on any atom is -0.326 e. The molecule has 1 amide bonds. The lowest BCUT2D eigenvalue weighted by molar-refractivity contribution is -0.120. The Balaban J connectivity index is 1.31. The number of aromatic nitrogens is 1. The Bertz CT molecular complexity index is 1390.